The normalized spacial score (nSPS) is 14.6. The lowest BCUT2D eigenvalue weighted by Gasteiger charge is -2.34. The summed E-state index contributed by atoms with van der Waals surface area (Å²) >= 11 is 0. The molecule has 1 aliphatic rings. The second kappa shape index (κ2) is 10.4. The predicted molar refractivity (Wildman–Crippen MR) is 121 cm³/mol. The van der Waals surface area contributed by atoms with Gasteiger partial charge in [-0.3, -0.25) is 9.59 Å². The van der Waals surface area contributed by atoms with E-state index in [1.807, 2.05) is 17.7 Å². The number of ether oxygens (including phenoxy) is 1. The molecule has 1 fully saturated rings. The van der Waals surface area contributed by atoms with Crippen molar-refractivity contribution in [3.63, 3.8) is 0 Å². The van der Waals surface area contributed by atoms with Gasteiger partial charge in [0, 0.05) is 56.7 Å². The SMILES string of the molecule is CCn1cc(CCOCCC(=O)N2CCN(c3ncc(C(F)(F)F)cn3)CC2)c2cn[nH]c(=O)c21. The number of rotatable bonds is 8. The van der Waals surface area contributed by atoms with Gasteiger partial charge in [-0.25, -0.2) is 15.1 Å². The quantitative estimate of drug-likeness (QED) is 0.477. The number of H-pyrrole nitrogens is 1. The van der Waals surface area contributed by atoms with Crippen LogP contribution in [0.25, 0.3) is 10.9 Å². The van der Waals surface area contributed by atoms with Crippen LogP contribution in [0.5, 0.6) is 0 Å². The van der Waals surface area contributed by atoms with Crippen molar-refractivity contribution in [2.45, 2.75) is 32.5 Å². The molecule has 10 nitrogen and oxygen atoms in total. The molecule has 4 heterocycles. The number of hydrogen-bond acceptors (Lipinski definition) is 7. The molecule has 13 heteroatoms. The van der Waals surface area contributed by atoms with Crippen LogP contribution in [0, 0.1) is 0 Å². The molecule has 0 unspecified atom stereocenters. The number of carbonyl (C=O) groups excluding carboxylic acids is 1. The summed E-state index contributed by atoms with van der Waals surface area (Å²) in [6.07, 6.45) is 1.45. The summed E-state index contributed by atoms with van der Waals surface area (Å²) in [6, 6.07) is 0. The Hall–Kier alpha value is -3.48. The highest BCUT2D eigenvalue weighted by atomic mass is 19.4. The zero-order valence-electron chi connectivity index (χ0n) is 19.2. The average Bonchev–Trinajstić information content (AvgIpc) is 3.22. The molecule has 0 saturated carbocycles. The van der Waals surface area contributed by atoms with Crippen molar-refractivity contribution >= 4 is 22.8 Å². The minimum atomic E-state index is -4.48. The van der Waals surface area contributed by atoms with Crippen LogP contribution in [-0.2, 0) is 28.7 Å². The fourth-order valence-corrected chi connectivity index (χ4v) is 4.07. The third kappa shape index (κ3) is 5.61. The van der Waals surface area contributed by atoms with E-state index in [4.69, 9.17) is 4.74 Å². The second-order valence-electron chi connectivity index (χ2n) is 8.15. The Morgan fingerprint density at radius 2 is 1.83 bits per heavy atom. The number of alkyl halides is 3. The lowest BCUT2D eigenvalue weighted by Crippen LogP contribution is -2.49. The van der Waals surface area contributed by atoms with Gasteiger partial charge in [0.15, 0.2) is 0 Å². The Morgan fingerprint density at radius 1 is 1.11 bits per heavy atom. The van der Waals surface area contributed by atoms with Gasteiger partial charge >= 0.3 is 6.18 Å². The predicted octanol–water partition coefficient (Wildman–Crippen LogP) is 1.85. The number of nitrogens with zero attached hydrogens (tertiary/aromatic N) is 6. The lowest BCUT2D eigenvalue weighted by molar-refractivity contribution is -0.138. The van der Waals surface area contributed by atoms with Crippen LogP contribution in [0.1, 0.15) is 24.5 Å². The summed E-state index contributed by atoms with van der Waals surface area (Å²) in [7, 11) is 0. The fraction of sp³-hybridized carbons (Fsp3) is 0.500. The van der Waals surface area contributed by atoms with Gasteiger partial charge in [0.05, 0.1) is 31.4 Å². The monoisotopic (exact) mass is 493 g/mol. The van der Waals surface area contributed by atoms with Gasteiger partial charge in [0.1, 0.15) is 5.52 Å². The van der Waals surface area contributed by atoms with Crippen molar-refractivity contribution in [1.29, 1.82) is 0 Å². The summed E-state index contributed by atoms with van der Waals surface area (Å²) < 4.78 is 45.5. The van der Waals surface area contributed by atoms with Crippen molar-refractivity contribution < 1.29 is 22.7 Å². The molecular weight excluding hydrogens is 467 g/mol. The van der Waals surface area contributed by atoms with Gasteiger partial charge in [0.2, 0.25) is 11.9 Å². The van der Waals surface area contributed by atoms with E-state index in [9.17, 15) is 22.8 Å². The highest BCUT2D eigenvalue weighted by Gasteiger charge is 2.32. The first kappa shape index (κ1) is 24.6. The van der Waals surface area contributed by atoms with Crippen molar-refractivity contribution in [3.05, 3.63) is 46.3 Å². The van der Waals surface area contributed by atoms with Gasteiger partial charge in [0.25, 0.3) is 5.56 Å². The molecule has 35 heavy (non-hydrogen) atoms. The highest BCUT2D eigenvalue weighted by Crippen LogP contribution is 2.28. The zero-order valence-corrected chi connectivity index (χ0v) is 19.2. The minimum Gasteiger partial charge on any atom is -0.381 e. The van der Waals surface area contributed by atoms with Crippen LogP contribution in [-0.4, -0.2) is 74.9 Å². The Labute approximate surface area is 198 Å². The molecule has 188 valence electrons. The molecule has 1 amide bonds. The van der Waals surface area contributed by atoms with Crippen molar-refractivity contribution in [2.75, 3.05) is 44.3 Å². The summed E-state index contributed by atoms with van der Waals surface area (Å²) in [5, 5.41) is 7.13. The molecule has 0 aliphatic carbocycles. The van der Waals surface area contributed by atoms with E-state index >= 15 is 0 Å². The largest absolute Gasteiger partial charge is 0.419 e. The smallest absolute Gasteiger partial charge is 0.381 e. The molecule has 0 spiro atoms. The molecule has 1 N–H and O–H groups in total. The molecular formula is C22H26F3N7O3. The summed E-state index contributed by atoms with van der Waals surface area (Å²) in [6.45, 7) is 5.04. The number of aryl methyl sites for hydroxylation is 1. The number of amides is 1. The molecule has 1 saturated heterocycles. The third-order valence-electron chi connectivity index (χ3n) is 5.97. The zero-order chi connectivity index (χ0) is 25.0. The number of fused-ring (bicyclic) bond motifs is 1. The van der Waals surface area contributed by atoms with E-state index in [2.05, 4.69) is 20.2 Å². The van der Waals surface area contributed by atoms with E-state index in [1.165, 1.54) is 0 Å². The Kier molecular flexibility index (Phi) is 7.34. The first-order valence-corrected chi connectivity index (χ1v) is 11.3. The number of carbonyl (C=O) groups is 1. The minimum absolute atomic E-state index is 0.0451. The molecule has 0 atom stereocenters. The van der Waals surface area contributed by atoms with Crippen LogP contribution < -0.4 is 10.5 Å². The maximum atomic E-state index is 12.7. The lowest BCUT2D eigenvalue weighted by atomic mass is 10.2. The Balaban J connectivity index is 1.20. The number of halogens is 3. The second-order valence-corrected chi connectivity index (χ2v) is 8.15. The van der Waals surface area contributed by atoms with Gasteiger partial charge in [-0.15, -0.1) is 0 Å². The van der Waals surface area contributed by atoms with Crippen LogP contribution in [0.2, 0.25) is 0 Å². The fourth-order valence-electron chi connectivity index (χ4n) is 4.07. The number of nitrogens with one attached hydrogen (secondary N) is 1. The molecule has 0 aromatic carbocycles. The van der Waals surface area contributed by atoms with E-state index < -0.39 is 11.7 Å². The first-order valence-electron chi connectivity index (χ1n) is 11.3. The van der Waals surface area contributed by atoms with Gasteiger partial charge < -0.3 is 19.1 Å². The van der Waals surface area contributed by atoms with E-state index in [-0.39, 0.29) is 30.4 Å². The number of anilines is 1. The molecule has 0 bridgehead atoms. The van der Waals surface area contributed by atoms with Crippen LogP contribution in [0.4, 0.5) is 19.1 Å². The molecule has 0 radical (unpaired) electrons. The summed E-state index contributed by atoms with van der Waals surface area (Å²) in [5.41, 5.74) is 0.436. The van der Waals surface area contributed by atoms with Crippen LogP contribution in [0.15, 0.2) is 29.6 Å². The van der Waals surface area contributed by atoms with Crippen molar-refractivity contribution in [3.8, 4) is 0 Å². The summed E-state index contributed by atoms with van der Waals surface area (Å²) in [5.74, 6) is 0.173. The van der Waals surface area contributed by atoms with Crippen LogP contribution >= 0.6 is 0 Å². The van der Waals surface area contributed by atoms with Gasteiger partial charge in [-0.2, -0.15) is 18.3 Å². The number of aromatic amines is 1. The van der Waals surface area contributed by atoms with Crippen molar-refractivity contribution in [1.82, 2.24) is 29.6 Å². The summed E-state index contributed by atoms with van der Waals surface area (Å²) in [4.78, 5) is 35.7. The first-order chi connectivity index (χ1) is 16.8. The standard InChI is InChI=1S/C22H26F3N7O3/c1-2-30-14-15(17-13-28-29-20(34)19(17)30)3-9-35-10-4-18(33)31-5-7-32(8-6-31)21-26-11-16(12-27-21)22(23,24)25/h11-14H,2-10H2,1H3,(H,29,34). The molecule has 1 aliphatic heterocycles. The molecule has 4 rings (SSSR count). The average molecular weight is 493 g/mol. The topological polar surface area (TPSA) is 109 Å². The van der Waals surface area contributed by atoms with Crippen LogP contribution in [0.3, 0.4) is 0 Å². The van der Waals surface area contributed by atoms with E-state index in [0.717, 1.165) is 23.3 Å². The highest BCUT2D eigenvalue weighted by molar-refractivity contribution is 5.82. The van der Waals surface area contributed by atoms with E-state index in [0.29, 0.717) is 51.3 Å². The molecule has 3 aromatic heterocycles. The number of aromatic nitrogens is 5. The number of piperazine rings is 1. The Morgan fingerprint density at radius 3 is 2.49 bits per heavy atom. The van der Waals surface area contributed by atoms with Crippen molar-refractivity contribution in [2.24, 2.45) is 0 Å². The Bertz CT molecular complexity index is 1220. The third-order valence-corrected chi connectivity index (χ3v) is 5.97. The van der Waals surface area contributed by atoms with Gasteiger partial charge in [-0.05, 0) is 18.9 Å². The maximum absolute atomic E-state index is 12.7. The van der Waals surface area contributed by atoms with Gasteiger partial charge in [-0.1, -0.05) is 0 Å². The maximum Gasteiger partial charge on any atom is 0.419 e. The number of hydrogen-bond donors (Lipinski definition) is 1. The molecule has 3 aromatic rings. The van der Waals surface area contributed by atoms with E-state index in [1.54, 1.807) is 16.0 Å².